The second-order valence-corrected chi connectivity index (χ2v) is 4.87. The number of furan rings is 1. The SMILES string of the molecule is COC(=O)c1cc(Cn2cnc3ccccc3c2=O)oc1C. The summed E-state index contributed by atoms with van der Waals surface area (Å²) in [6, 6.07) is 8.73. The van der Waals surface area contributed by atoms with Crippen LogP contribution in [0.3, 0.4) is 0 Å². The molecule has 112 valence electrons. The zero-order valence-corrected chi connectivity index (χ0v) is 12.2. The van der Waals surface area contributed by atoms with E-state index in [9.17, 15) is 9.59 Å². The molecule has 0 saturated carbocycles. The standard InChI is InChI=1S/C16H14N2O4/c1-10-13(16(20)21-2)7-11(22-10)8-18-9-17-14-6-4-3-5-12(14)15(18)19/h3-7,9H,8H2,1-2H3. The number of rotatable bonds is 3. The first-order valence-electron chi connectivity index (χ1n) is 6.72. The largest absolute Gasteiger partial charge is 0.465 e. The van der Waals surface area contributed by atoms with Crippen molar-refractivity contribution in [3.8, 4) is 0 Å². The maximum Gasteiger partial charge on any atom is 0.341 e. The molecule has 0 aliphatic carbocycles. The van der Waals surface area contributed by atoms with Gasteiger partial charge in [0.25, 0.3) is 5.56 Å². The Hall–Kier alpha value is -2.89. The molecular weight excluding hydrogens is 284 g/mol. The summed E-state index contributed by atoms with van der Waals surface area (Å²) >= 11 is 0. The van der Waals surface area contributed by atoms with E-state index in [0.29, 0.717) is 28.0 Å². The highest BCUT2D eigenvalue weighted by atomic mass is 16.5. The summed E-state index contributed by atoms with van der Waals surface area (Å²) in [6.45, 7) is 1.88. The van der Waals surface area contributed by atoms with Crippen LogP contribution >= 0.6 is 0 Å². The van der Waals surface area contributed by atoms with Crippen LogP contribution in [0, 0.1) is 6.92 Å². The lowest BCUT2D eigenvalue weighted by molar-refractivity contribution is 0.0599. The first-order valence-corrected chi connectivity index (χ1v) is 6.72. The first kappa shape index (κ1) is 14.1. The minimum atomic E-state index is -0.462. The molecule has 3 rings (SSSR count). The minimum absolute atomic E-state index is 0.153. The molecular formula is C16H14N2O4. The number of nitrogens with zero attached hydrogens (tertiary/aromatic N) is 2. The number of carbonyl (C=O) groups is 1. The van der Waals surface area contributed by atoms with Crippen LogP contribution in [-0.2, 0) is 11.3 Å². The Balaban J connectivity index is 1.99. The van der Waals surface area contributed by atoms with Crippen LogP contribution in [0.15, 0.2) is 45.9 Å². The predicted octanol–water partition coefficient (Wildman–Crippen LogP) is 2.13. The van der Waals surface area contributed by atoms with Crippen molar-refractivity contribution in [2.24, 2.45) is 0 Å². The molecule has 2 heterocycles. The summed E-state index contributed by atoms with van der Waals surface area (Å²) in [6.07, 6.45) is 1.47. The number of methoxy groups -OCH3 is 1. The first-order chi connectivity index (χ1) is 10.6. The Labute approximate surface area is 126 Å². The van der Waals surface area contributed by atoms with Crippen LogP contribution in [0.2, 0.25) is 0 Å². The fraction of sp³-hybridized carbons (Fsp3) is 0.188. The highest BCUT2D eigenvalue weighted by molar-refractivity contribution is 5.90. The molecule has 1 aromatic carbocycles. The van der Waals surface area contributed by atoms with Crippen molar-refractivity contribution >= 4 is 16.9 Å². The number of aromatic nitrogens is 2. The summed E-state index contributed by atoms with van der Waals surface area (Å²) in [7, 11) is 1.31. The lowest BCUT2D eigenvalue weighted by atomic mass is 10.2. The van der Waals surface area contributed by atoms with Gasteiger partial charge in [0, 0.05) is 0 Å². The molecule has 0 spiro atoms. The zero-order chi connectivity index (χ0) is 15.7. The lowest BCUT2D eigenvalue weighted by Gasteiger charge is -2.04. The van der Waals surface area contributed by atoms with Crippen molar-refractivity contribution in [3.63, 3.8) is 0 Å². The van der Waals surface area contributed by atoms with Crippen LogP contribution in [0.4, 0.5) is 0 Å². The van der Waals surface area contributed by atoms with E-state index in [4.69, 9.17) is 4.42 Å². The van der Waals surface area contributed by atoms with E-state index in [1.165, 1.54) is 18.0 Å². The number of hydrogen-bond acceptors (Lipinski definition) is 5. The van der Waals surface area contributed by atoms with Crippen molar-refractivity contribution in [1.29, 1.82) is 0 Å². The van der Waals surface area contributed by atoms with Gasteiger partial charge in [-0.25, -0.2) is 9.78 Å². The molecule has 0 bridgehead atoms. The van der Waals surface area contributed by atoms with Crippen LogP contribution in [0.5, 0.6) is 0 Å². The summed E-state index contributed by atoms with van der Waals surface area (Å²) < 4.78 is 11.6. The highest BCUT2D eigenvalue weighted by Gasteiger charge is 2.16. The second-order valence-electron chi connectivity index (χ2n) is 4.87. The fourth-order valence-electron chi connectivity index (χ4n) is 2.32. The van der Waals surface area contributed by atoms with Gasteiger partial charge in [0.1, 0.15) is 17.1 Å². The minimum Gasteiger partial charge on any atom is -0.465 e. The van der Waals surface area contributed by atoms with Gasteiger partial charge >= 0.3 is 5.97 Å². The topological polar surface area (TPSA) is 74.3 Å². The number of esters is 1. The molecule has 0 saturated heterocycles. The quantitative estimate of drug-likeness (QED) is 0.692. The third-order valence-corrected chi connectivity index (χ3v) is 3.43. The number of ether oxygens (including phenoxy) is 1. The van der Waals surface area contributed by atoms with E-state index in [1.807, 2.05) is 6.07 Å². The predicted molar refractivity (Wildman–Crippen MR) is 79.9 cm³/mol. The Kier molecular flexibility index (Phi) is 3.50. The summed E-state index contributed by atoms with van der Waals surface area (Å²) in [5.74, 6) is 0.497. The lowest BCUT2D eigenvalue weighted by Crippen LogP contribution is -2.20. The van der Waals surface area contributed by atoms with Crippen LogP contribution in [0.1, 0.15) is 21.9 Å². The Morgan fingerprint density at radius 2 is 2.14 bits per heavy atom. The van der Waals surface area contributed by atoms with Crippen molar-refractivity contribution in [1.82, 2.24) is 9.55 Å². The number of fused-ring (bicyclic) bond motifs is 1. The molecule has 0 aliphatic rings. The Morgan fingerprint density at radius 1 is 1.36 bits per heavy atom. The van der Waals surface area contributed by atoms with E-state index < -0.39 is 5.97 Å². The average Bonchev–Trinajstić information content (AvgIpc) is 2.90. The van der Waals surface area contributed by atoms with Gasteiger partial charge in [-0.05, 0) is 25.1 Å². The number of aryl methyl sites for hydroxylation is 1. The van der Waals surface area contributed by atoms with Crippen molar-refractivity contribution < 1.29 is 13.9 Å². The molecule has 0 atom stereocenters. The van der Waals surface area contributed by atoms with Crippen LogP contribution < -0.4 is 5.56 Å². The van der Waals surface area contributed by atoms with Gasteiger partial charge in [-0.3, -0.25) is 9.36 Å². The fourth-order valence-corrected chi connectivity index (χ4v) is 2.32. The number of para-hydroxylation sites is 1. The number of benzene rings is 1. The van der Waals surface area contributed by atoms with E-state index in [0.717, 1.165) is 0 Å². The molecule has 6 nitrogen and oxygen atoms in total. The van der Waals surface area contributed by atoms with Gasteiger partial charge in [-0.2, -0.15) is 0 Å². The molecule has 3 aromatic rings. The van der Waals surface area contributed by atoms with Crippen molar-refractivity contribution in [2.45, 2.75) is 13.5 Å². The third-order valence-electron chi connectivity index (χ3n) is 3.43. The molecule has 0 radical (unpaired) electrons. The average molecular weight is 298 g/mol. The van der Waals surface area contributed by atoms with Gasteiger partial charge in [0.05, 0.1) is 30.9 Å². The maximum atomic E-state index is 12.4. The van der Waals surface area contributed by atoms with Gasteiger partial charge in [-0.15, -0.1) is 0 Å². The normalized spacial score (nSPS) is 10.8. The maximum absolute atomic E-state index is 12.4. The molecule has 0 amide bonds. The molecule has 0 N–H and O–H groups in total. The Bertz CT molecular complexity index is 908. The summed E-state index contributed by atoms with van der Waals surface area (Å²) in [5, 5.41) is 0.543. The Morgan fingerprint density at radius 3 is 2.91 bits per heavy atom. The summed E-state index contributed by atoms with van der Waals surface area (Å²) in [5.41, 5.74) is 0.855. The van der Waals surface area contributed by atoms with Gasteiger partial charge in [0.2, 0.25) is 0 Å². The molecule has 0 aliphatic heterocycles. The molecule has 22 heavy (non-hydrogen) atoms. The van der Waals surface area contributed by atoms with E-state index in [1.54, 1.807) is 31.2 Å². The second kappa shape index (κ2) is 5.48. The van der Waals surface area contributed by atoms with E-state index in [-0.39, 0.29) is 12.1 Å². The number of carbonyl (C=O) groups excluding carboxylic acids is 1. The van der Waals surface area contributed by atoms with Gasteiger partial charge < -0.3 is 9.15 Å². The smallest absolute Gasteiger partial charge is 0.341 e. The van der Waals surface area contributed by atoms with E-state index in [2.05, 4.69) is 9.72 Å². The van der Waals surface area contributed by atoms with Gasteiger partial charge in [-0.1, -0.05) is 12.1 Å². The van der Waals surface area contributed by atoms with Crippen molar-refractivity contribution in [3.05, 3.63) is 64.1 Å². The molecule has 2 aromatic heterocycles. The van der Waals surface area contributed by atoms with Crippen molar-refractivity contribution in [2.75, 3.05) is 7.11 Å². The third kappa shape index (κ3) is 2.39. The zero-order valence-electron chi connectivity index (χ0n) is 12.2. The molecule has 6 heteroatoms. The number of hydrogen-bond donors (Lipinski definition) is 0. The van der Waals surface area contributed by atoms with E-state index >= 15 is 0 Å². The van der Waals surface area contributed by atoms with Crippen LogP contribution in [0.25, 0.3) is 10.9 Å². The molecule has 0 unspecified atom stereocenters. The summed E-state index contributed by atoms with van der Waals surface area (Å²) in [4.78, 5) is 28.2. The van der Waals surface area contributed by atoms with Gasteiger partial charge in [0.15, 0.2) is 0 Å². The molecule has 0 fully saturated rings. The monoisotopic (exact) mass is 298 g/mol. The van der Waals surface area contributed by atoms with Crippen LogP contribution in [-0.4, -0.2) is 22.6 Å². The highest BCUT2D eigenvalue weighted by Crippen LogP contribution is 2.16.